The fourth-order valence-electron chi connectivity index (χ4n) is 2.05. The zero-order valence-corrected chi connectivity index (χ0v) is 8.64. The van der Waals surface area contributed by atoms with E-state index >= 15 is 0 Å². The van der Waals surface area contributed by atoms with E-state index in [1.54, 1.807) is 0 Å². The number of Topliss-reactive ketones (excluding diaryl/α,β-unsaturated/α-hetero) is 1. The highest BCUT2D eigenvalue weighted by atomic mass is 16.1. The summed E-state index contributed by atoms with van der Waals surface area (Å²) in [7, 11) is 0. The molecule has 0 spiro atoms. The minimum atomic E-state index is 0.290. The molecule has 0 radical (unpaired) electrons. The van der Waals surface area contributed by atoms with Crippen molar-refractivity contribution in [3.8, 4) is 0 Å². The van der Waals surface area contributed by atoms with Gasteiger partial charge in [0.25, 0.3) is 0 Å². The van der Waals surface area contributed by atoms with Gasteiger partial charge in [0, 0.05) is 12.3 Å². The summed E-state index contributed by atoms with van der Waals surface area (Å²) in [6.07, 6.45) is 7.68. The van der Waals surface area contributed by atoms with Gasteiger partial charge >= 0.3 is 0 Å². The van der Waals surface area contributed by atoms with Crippen LogP contribution >= 0.6 is 0 Å². The average Bonchev–Trinajstić information content (AvgIpc) is 2.04. The Morgan fingerprint density at radius 2 is 2.08 bits per heavy atom. The molecule has 0 aromatic carbocycles. The van der Waals surface area contributed by atoms with Gasteiger partial charge in [-0.1, -0.05) is 24.8 Å². The van der Waals surface area contributed by atoms with Crippen LogP contribution in [0.15, 0.2) is 12.2 Å². The number of allylic oxidation sites excluding steroid dienone is 1. The first-order chi connectivity index (χ1) is 6.20. The van der Waals surface area contributed by atoms with Gasteiger partial charge in [0.2, 0.25) is 0 Å². The molecule has 1 fully saturated rings. The van der Waals surface area contributed by atoms with Crippen LogP contribution in [-0.4, -0.2) is 5.78 Å². The first kappa shape index (κ1) is 10.5. The molecule has 0 unspecified atom stereocenters. The lowest BCUT2D eigenvalue weighted by molar-refractivity contribution is -0.123. The van der Waals surface area contributed by atoms with Gasteiger partial charge in [0.05, 0.1) is 0 Å². The highest BCUT2D eigenvalue weighted by Crippen LogP contribution is 2.24. The molecule has 0 bridgehead atoms. The predicted molar refractivity (Wildman–Crippen MR) is 55.6 cm³/mol. The quantitative estimate of drug-likeness (QED) is 0.594. The molecule has 1 atom stereocenters. The maximum Gasteiger partial charge on any atom is 0.136 e. The van der Waals surface area contributed by atoms with E-state index in [2.05, 4.69) is 6.58 Å². The third-order valence-corrected chi connectivity index (χ3v) is 2.78. The van der Waals surface area contributed by atoms with Crippen LogP contribution < -0.4 is 0 Å². The minimum absolute atomic E-state index is 0.290. The molecule has 0 aromatic heterocycles. The van der Waals surface area contributed by atoms with E-state index < -0.39 is 0 Å². The second kappa shape index (κ2) is 5.21. The lowest BCUT2D eigenvalue weighted by Gasteiger charge is -2.18. The molecule has 74 valence electrons. The summed E-state index contributed by atoms with van der Waals surface area (Å²) in [5, 5.41) is 0. The smallest absolute Gasteiger partial charge is 0.136 e. The number of ketones is 1. The molecule has 0 saturated heterocycles. The van der Waals surface area contributed by atoms with Crippen LogP contribution in [0, 0.1) is 5.92 Å². The number of hydrogen-bond donors (Lipinski definition) is 0. The van der Waals surface area contributed by atoms with Gasteiger partial charge in [0.1, 0.15) is 5.78 Å². The number of hydrogen-bond acceptors (Lipinski definition) is 1. The standard InChI is InChI=1S/C12H20O/c1-10(2)9-11-7-5-3-4-6-8-12(11)13/h11H,1,3-9H2,2H3/t11-/m0/s1. The molecule has 13 heavy (non-hydrogen) atoms. The number of rotatable bonds is 2. The summed E-state index contributed by atoms with van der Waals surface area (Å²) in [6.45, 7) is 5.91. The van der Waals surface area contributed by atoms with Gasteiger partial charge in [-0.15, -0.1) is 6.58 Å². The molecule has 0 aromatic rings. The fraction of sp³-hybridized carbons (Fsp3) is 0.750. The van der Waals surface area contributed by atoms with E-state index in [0.29, 0.717) is 5.78 Å². The van der Waals surface area contributed by atoms with E-state index in [4.69, 9.17) is 0 Å². The summed E-state index contributed by atoms with van der Waals surface area (Å²) in [6, 6.07) is 0. The van der Waals surface area contributed by atoms with E-state index in [9.17, 15) is 4.79 Å². The lowest BCUT2D eigenvalue weighted by Crippen LogP contribution is -2.16. The van der Waals surface area contributed by atoms with Gasteiger partial charge < -0.3 is 0 Å². The zero-order chi connectivity index (χ0) is 9.68. The van der Waals surface area contributed by atoms with Crippen molar-refractivity contribution in [3.05, 3.63) is 12.2 Å². The van der Waals surface area contributed by atoms with Gasteiger partial charge in [-0.05, 0) is 26.2 Å². The summed E-state index contributed by atoms with van der Waals surface area (Å²) >= 11 is 0. The van der Waals surface area contributed by atoms with Gasteiger partial charge in [-0.3, -0.25) is 4.79 Å². The molecule has 1 heteroatoms. The Balaban J connectivity index is 2.46. The SMILES string of the molecule is C=C(C)C[C@@H]1CCCCCCC1=O. The van der Waals surface area contributed by atoms with Crippen molar-refractivity contribution in [3.63, 3.8) is 0 Å². The molecule has 1 nitrogen and oxygen atoms in total. The Kier molecular flexibility index (Phi) is 4.20. The van der Waals surface area contributed by atoms with E-state index in [0.717, 1.165) is 31.3 Å². The van der Waals surface area contributed by atoms with E-state index in [1.807, 2.05) is 6.92 Å². The minimum Gasteiger partial charge on any atom is -0.299 e. The predicted octanol–water partition coefficient (Wildman–Crippen LogP) is 3.49. The topological polar surface area (TPSA) is 17.1 Å². The highest BCUT2D eigenvalue weighted by molar-refractivity contribution is 5.81. The van der Waals surface area contributed by atoms with Crippen molar-refractivity contribution in [1.82, 2.24) is 0 Å². The Labute approximate surface area is 81.2 Å². The van der Waals surface area contributed by atoms with Gasteiger partial charge in [-0.25, -0.2) is 0 Å². The molecule has 1 aliphatic carbocycles. The number of carbonyl (C=O) groups excluding carboxylic acids is 1. The Morgan fingerprint density at radius 3 is 2.77 bits per heavy atom. The number of carbonyl (C=O) groups is 1. The van der Waals surface area contributed by atoms with E-state index in [-0.39, 0.29) is 5.92 Å². The average molecular weight is 180 g/mol. The van der Waals surface area contributed by atoms with Crippen LogP contribution in [0.25, 0.3) is 0 Å². The fourth-order valence-corrected chi connectivity index (χ4v) is 2.05. The summed E-state index contributed by atoms with van der Waals surface area (Å²) in [5.41, 5.74) is 1.15. The first-order valence-electron chi connectivity index (χ1n) is 5.37. The normalized spacial score (nSPS) is 25.0. The van der Waals surface area contributed by atoms with Crippen LogP contribution in [-0.2, 0) is 4.79 Å². The van der Waals surface area contributed by atoms with Crippen molar-refractivity contribution in [2.75, 3.05) is 0 Å². The third kappa shape index (κ3) is 3.75. The van der Waals surface area contributed by atoms with Gasteiger partial charge in [-0.2, -0.15) is 0 Å². The second-order valence-corrected chi connectivity index (χ2v) is 4.28. The highest BCUT2D eigenvalue weighted by Gasteiger charge is 2.19. The van der Waals surface area contributed by atoms with Crippen LogP contribution in [0.2, 0.25) is 0 Å². The molecular weight excluding hydrogens is 160 g/mol. The summed E-state index contributed by atoms with van der Waals surface area (Å²) in [5.74, 6) is 0.764. The first-order valence-corrected chi connectivity index (χ1v) is 5.37. The maximum absolute atomic E-state index is 11.7. The van der Waals surface area contributed by atoms with Crippen molar-refractivity contribution in [2.24, 2.45) is 5.92 Å². The van der Waals surface area contributed by atoms with Crippen LogP contribution in [0.1, 0.15) is 51.9 Å². The second-order valence-electron chi connectivity index (χ2n) is 4.28. The maximum atomic E-state index is 11.7. The van der Waals surface area contributed by atoms with Crippen molar-refractivity contribution in [1.29, 1.82) is 0 Å². The Bertz CT molecular complexity index is 193. The largest absolute Gasteiger partial charge is 0.299 e. The van der Waals surface area contributed by atoms with Crippen LogP contribution in [0.3, 0.4) is 0 Å². The van der Waals surface area contributed by atoms with E-state index in [1.165, 1.54) is 19.3 Å². The summed E-state index contributed by atoms with van der Waals surface area (Å²) < 4.78 is 0. The Hall–Kier alpha value is -0.590. The van der Waals surface area contributed by atoms with Crippen molar-refractivity contribution in [2.45, 2.75) is 51.9 Å². The Morgan fingerprint density at radius 1 is 1.38 bits per heavy atom. The van der Waals surface area contributed by atoms with Crippen molar-refractivity contribution >= 4 is 5.78 Å². The van der Waals surface area contributed by atoms with Crippen molar-refractivity contribution < 1.29 is 4.79 Å². The molecule has 1 saturated carbocycles. The van der Waals surface area contributed by atoms with Gasteiger partial charge in [0.15, 0.2) is 0 Å². The summed E-state index contributed by atoms with van der Waals surface area (Å²) in [4.78, 5) is 11.7. The molecule has 0 N–H and O–H groups in total. The zero-order valence-electron chi connectivity index (χ0n) is 8.64. The monoisotopic (exact) mass is 180 g/mol. The lowest BCUT2D eigenvalue weighted by atomic mass is 9.86. The molecule has 0 aliphatic heterocycles. The molecule has 0 amide bonds. The molecule has 1 aliphatic rings. The molecular formula is C12H20O. The third-order valence-electron chi connectivity index (χ3n) is 2.78. The molecule has 1 rings (SSSR count). The molecule has 0 heterocycles. The van der Waals surface area contributed by atoms with Crippen LogP contribution in [0.5, 0.6) is 0 Å². The van der Waals surface area contributed by atoms with Crippen LogP contribution in [0.4, 0.5) is 0 Å².